The maximum absolute atomic E-state index is 11.8. The molecule has 0 atom stereocenters. The summed E-state index contributed by atoms with van der Waals surface area (Å²) in [6, 6.07) is 8.26. The lowest BCUT2D eigenvalue weighted by molar-refractivity contribution is -0.121. The number of hydrogen-bond acceptors (Lipinski definition) is 4. The summed E-state index contributed by atoms with van der Waals surface area (Å²) in [5.41, 5.74) is 1.10. The molecule has 1 aliphatic heterocycles. The Morgan fingerprint density at radius 3 is 2.64 bits per heavy atom. The molecule has 1 saturated heterocycles. The highest BCUT2D eigenvalue weighted by Crippen LogP contribution is 2.11. The zero-order chi connectivity index (χ0) is 15.6. The van der Waals surface area contributed by atoms with Gasteiger partial charge in [-0.15, -0.1) is 0 Å². The van der Waals surface area contributed by atoms with E-state index in [4.69, 9.17) is 4.74 Å². The summed E-state index contributed by atoms with van der Waals surface area (Å²) in [4.78, 5) is 14.1. The summed E-state index contributed by atoms with van der Waals surface area (Å²) in [6.45, 7) is 6.00. The summed E-state index contributed by atoms with van der Waals surface area (Å²) >= 11 is 2.29. The van der Waals surface area contributed by atoms with Crippen molar-refractivity contribution in [3.8, 4) is 0 Å². The molecule has 0 spiro atoms. The van der Waals surface area contributed by atoms with Crippen molar-refractivity contribution in [2.75, 3.05) is 51.3 Å². The fraction of sp³-hybridized carbons (Fsp3) is 0.562. The van der Waals surface area contributed by atoms with Crippen molar-refractivity contribution in [1.82, 2.24) is 10.2 Å². The first kappa shape index (κ1) is 17.5. The molecule has 22 heavy (non-hydrogen) atoms. The SMILES string of the molecule is O=C(CCCNc1ccc(I)cc1)NCCN1CCOCC1. The molecule has 0 unspecified atom stereocenters. The standard InChI is InChI=1S/C16H24IN3O2/c17-14-3-5-15(6-4-14)18-7-1-2-16(21)19-8-9-20-10-12-22-13-11-20/h3-6,18H,1-2,7-13H2,(H,19,21). The number of carbonyl (C=O) groups is 1. The molecule has 5 nitrogen and oxygen atoms in total. The van der Waals surface area contributed by atoms with Crippen LogP contribution < -0.4 is 10.6 Å². The number of halogens is 1. The van der Waals surface area contributed by atoms with Crippen molar-refractivity contribution < 1.29 is 9.53 Å². The monoisotopic (exact) mass is 417 g/mol. The van der Waals surface area contributed by atoms with Crippen LogP contribution in [0.25, 0.3) is 0 Å². The third kappa shape index (κ3) is 6.93. The van der Waals surface area contributed by atoms with E-state index in [9.17, 15) is 4.79 Å². The fourth-order valence-corrected chi connectivity index (χ4v) is 2.68. The molecule has 6 heteroatoms. The van der Waals surface area contributed by atoms with Gasteiger partial charge in [0.1, 0.15) is 0 Å². The summed E-state index contributed by atoms with van der Waals surface area (Å²) < 4.78 is 6.52. The first-order chi connectivity index (χ1) is 10.7. The second-order valence-electron chi connectivity index (χ2n) is 5.34. The molecule has 2 rings (SSSR count). The average molecular weight is 417 g/mol. The minimum atomic E-state index is 0.137. The zero-order valence-electron chi connectivity index (χ0n) is 12.8. The Morgan fingerprint density at radius 2 is 1.91 bits per heavy atom. The van der Waals surface area contributed by atoms with Gasteiger partial charge in [-0.05, 0) is 53.3 Å². The van der Waals surface area contributed by atoms with E-state index < -0.39 is 0 Å². The lowest BCUT2D eigenvalue weighted by atomic mass is 10.2. The van der Waals surface area contributed by atoms with Crippen LogP contribution in [0.1, 0.15) is 12.8 Å². The van der Waals surface area contributed by atoms with Crippen LogP contribution >= 0.6 is 22.6 Å². The van der Waals surface area contributed by atoms with Crippen molar-refractivity contribution >= 4 is 34.2 Å². The number of carbonyl (C=O) groups excluding carboxylic acids is 1. The predicted octanol–water partition coefficient (Wildman–Crippen LogP) is 1.93. The van der Waals surface area contributed by atoms with Crippen LogP contribution in [0.2, 0.25) is 0 Å². The second kappa shape index (κ2) is 10.0. The van der Waals surface area contributed by atoms with Crippen molar-refractivity contribution in [1.29, 1.82) is 0 Å². The van der Waals surface area contributed by atoms with Crippen molar-refractivity contribution in [2.24, 2.45) is 0 Å². The van der Waals surface area contributed by atoms with Gasteiger partial charge in [-0.25, -0.2) is 0 Å². The van der Waals surface area contributed by atoms with E-state index >= 15 is 0 Å². The quantitative estimate of drug-likeness (QED) is 0.502. The molecular formula is C16H24IN3O2. The number of hydrogen-bond donors (Lipinski definition) is 2. The Hall–Kier alpha value is -0.860. The number of benzene rings is 1. The van der Waals surface area contributed by atoms with Crippen molar-refractivity contribution in [3.63, 3.8) is 0 Å². The van der Waals surface area contributed by atoms with Crippen molar-refractivity contribution in [2.45, 2.75) is 12.8 Å². The highest BCUT2D eigenvalue weighted by Gasteiger charge is 2.09. The maximum Gasteiger partial charge on any atom is 0.220 e. The first-order valence-corrected chi connectivity index (χ1v) is 8.88. The van der Waals surface area contributed by atoms with E-state index in [1.54, 1.807) is 0 Å². The number of rotatable bonds is 8. The van der Waals surface area contributed by atoms with Gasteiger partial charge in [0.2, 0.25) is 5.91 Å². The number of anilines is 1. The smallest absolute Gasteiger partial charge is 0.220 e. The van der Waals surface area contributed by atoms with Gasteiger partial charge in [0.05, 0.1) is 13.2 Å². The van der Waals surface area contributed by atoms with Crippen LogP contribution in [0.4, 0.5) is 5.69 Å². The Kier molecular flexibility index (Phi) is 7.96. The van der Waals surface area contributed by atoms with E-state index in [1.165, 1.54) is 3.57 Å². The molecule has 0 saturated carbocycles. The third-order valence-corrected chi connectivity index (χ3v) is 4.33. The Balaban J connectivity index is 1.49. The summed E-state index contributed by atoms with van der Waals surface area (Å²) in [5, 5.41) is 6.32. The highest BCUT2D eigenvalue weighted by molar-refractivity contribution is 14.1. The molecule has 1 aromatic rings. The van der Waals surface area contributed by atoms with Crippen molar-refractivity contribution in [3.05, 3.63) is 27.8 Å². The van der Waals surface area contributed by atoms with Crippen LogP contribution in [0, 0.1) is 3.57 Å². The molecule has 1 amide bonds. The summed E-state index contributed by atoms with van der Waals surface area (Å²) in [6.07, 6.45) is 1.41. The van der Waals surface area contributed by atoms with Crippen LogP contribution in [-0.4, -0.2) is 56.7 Å². The maximum atomic E-state index is 11.8. The summed E-state index contributed by atoms with van der Waals surface area (Å²) in [7, 11) is 0. The molecule has 1 heterocycles. The molecule has 1 aromatic carbocycles. The van der Waals surface area contributed by atoms with Gasteiger partial charge < -0.3 is 15.4 Å². The van der Waals surface area contributed by atoms with Gasteiger partial charge >= 0.3 is 0 Å². The largest absolute Gasteiger partial charge is 0.385 e. The number of nitrogens with zero attached hydrogens (tertiary/aromatic N) is 1. The molecule has 1 aliphatic rings. The molecule has 0 aromatic heterocycles. The average Bonchev–Trinajstić information content (AvgIpc) is 2.54. The first-order valence-electron chi connectivity index (χ1n) is 7.80. The molecule has 1 fully saturated rings. The van der Waals surface area contributed by atoms with Gasteiger partial charge in [0.25, 0.3) is 0 Å². The van der Waals surface area contributed by atoms with E-state index in [1.807, 2.05) is 0 Å². The van der Waals surface area contributed by atoms with Crippen LogP contribution in [0.5, 0.6) is 0 Å². The molecular weight excluding hydrogens is 393 g/mol. The van der Waals surface area contributed by atoms with Gasteiger partial charge in [-0.1, -0.05) is 0 Å². The van der Waals surface area contributed by atoms with Gasteiger partial charge in [-0.3, -0.25) is 9.69 Å². The van der Waals surface area contributed by atoms with Crippen LogP contribution in [-0.2, 0) is 9.53 Å². The van der Waals surface area contributed by atoms with E-state index in [-0.39, 0.29) is 5.91 Å². The van der Waals surface area contributed by atoms with E-state index in [0.29, 0.717) is 6.42 Å². The fourth-order valence-electron chi connectivity index (χ4n) is 2.32. The van der Waals surface area contributed by atoms with Gasteiger partial charge in [-0.2, -0.15) is 0 Å². The lowest BCUT2D eigenvalue weighted by Crippen LogP contribution is -2.41. The lowest BCUT2D eigenvalue weighted by Gasteiger charge is -2.26. The topological polar surface area (TPSA) is 53.6 Å². The molecule has 0 bridgehead atoms. The molecule has 2 N–H and O–H groups in total. The van der Waals surface area contributed by atoms with Crippen LogP contribution in [0.15, 0.2) is 24.3 Å². The molecule has 0 radical (unpaired) electrons. The minimum absolute atomic E-state index is 0.137. The Morgan fingerprint density at radius 1 is 1.18 bits per heavy atom. The normalized spacial score (nSPS) is 15.5. The second-order valence-corrected chi connectivity index (χ2v) is 6.59. The Bertz CT molecular complexity index is 447. The third-order valence-electron chi connectivity index (χ3n) is 3.61. The van der Waals surface area contributed by atoms with Crippen LogP contribution in [0.3, 0.4) is 0 Å². The highest BCUT2D eigenvalue weighted by atomic mass is 127. The van der Waals surface area contributed by atoms with Gasteiger partial charge in [0, 0.05) is 48.4 Å². The predicted molar refractivity (Wildman–Crippen MR) is 97.2 cm³/mol. The van der Waals surface area contributed by atoms with E-state index in [0.717, 1.165) is 58.0 Å². The molecule has 0 aliphatic carbocycles. The van der Waals surface area contributed by atoms with Gasteiger partial charge in [0.15, 0.2) is 0 Å². The number of nitrogens with one attached hydrogen (secondary N) is 2. The summed E-state index contributed by atoms with van der Waals surface area (Å²) in [5.74, 6) is 0.137. The zero-order valence-corrected chi connectivity index (χ0v) is 15.0. The molecule has 122 valence electrons. The van der Waals surface area contributed by atoms with E-state index in [2.05, 4.69) is 62.4 Å². The number of morpholine rings is 1. The Labute approximate surface area is 145 Å². The minimum Gasteiger partial charge on any atom is -0.385 e. The number of amides is 1. The number of ether oxygens (including phenoxy) is 1.